The minimum absolute atomic E-state index is 0.179. The summed E-state index contributed by atoms with van der Waals surface area (Å²) in [6.45, 7) is 9.15. The van der Waals surface area contributed by atoms with E-state index in [1.54, 1.807) is 0 Å². The Labute approximate surface area is 123 Å². The Bertz CT molecular complexity index is 684. The molecule has 2 heterocycles. The van der Waals surface area contributed by atoms with Crippen LogP contribution < -0.4 is 4.74 Å². The van der Waals surface area contributed by atoms with Gasteiger partial charge in [-0.15, -0.1) is 0 Å². The fraction of sp³-hybridized carbons (Fsp3) is 0.533. The smallest absolute Gasteiger partial charge is 0.227 e. The van der Waals surface area contributed by atoms with Gasteiger partial charge in [-0.25, -0.2) is 4.98 Å². The minimum atomic E-state index is 0.179. The lowest BCUT2D eigenvalue weighted by Crippen LogP contribution is -2.06. The molecule has 2 aromatic rings. The number of aromatic nitrogens is 3. The van der Waals surface area contributed by atoms with Gasteiger partial charge in [-0.1, -0.05) is 13.8 Å². The average Bonchev–Trinajstić information content (AvgIpc) is 2.96. The van der Waals surface area contributed by atoms with E-state index in [1.165, 1.54) is 6.42 Å². The van der Waals surface area contributed by atoms with Crippen molar-refractivity contribution in [3.8, 4) is 5.88 Å². The molecule has 0 amide bonds. The molecular weight excluding hydrogens is 274 g/mol. The average molecular weight is 292 g/mol. The van der Waals surface area contributed by atoms with Crippen molar-refractivity contribution in [1.82, 2.24) is 15.0 Å². The number of hydrogen-bond acceptors (Lipinski definition) is 4. The topological polar surface area (TPSA) is 47.9 Å². The van der Waals surface area contributed by atoms with Gasteiger partial charge in [0.15, 0.2) is 5.65 Å². The molecule has 1 saturated carbocycles. The van der Waals surface area contributed by atoms with Gasteiger partial charge in [0.05, 0.1) is 12.0 Å². The molecule has 1 fully saturated rings. The summed E-state index contributed by atoms with van der Waals surface area (Å²) in [5.41, 5.74) is 3.02. The molecule has 0 N–H and O–H groups in total. The van der Waals surface area contributed by atoms with E-state index in [1.807, 2.05) is 19.9 Å². The molecule has 0 saturated heterocycles. The van der Waals surface area contributed by atoms with Gasteiger partial charge in [0.1, 0.15) is 0 Å². The fourth-order valence-corrected chi connectivity index (χ4v) is 2.50. The van der Waals surface area contributed by atoms with E-state index in [0.29, 0.717) is 29.5 Å². The van der Waals surface area contributed by atoms with Crippen LogP contribution in [0.3, 0.4) is 0 Å². The molecule has 5 heteroatoms. The maximum Gasteiger partial charge on any atom is 0.227 e. The van der Waals surface area contributed by atoms with E-state index >= 15 is 0 Å². The number of pyridine rings is 1. The molecule has 3 rings (SSSR count). The predicted molar refractivity (Wildman–Crippen MR) is 79.2 cm³/mol. The summed E-state index contributed by atoms with van der Waals surface area (Å²) >= 11 is 5.96. The highest BCUT2D eigenvalue weighted by Crippen LogP contribution is 2.51. The number of aryl methyl sites for hydroxylation is 2. The zero-order valence-corrected chi connectivity index (χ0v) is 13.0. The second-order valence-corrected chi connectivity index (χ2v) is 6.60. The molecule has 20 heavy (non-hydrogen) atoms. The second kappa shape index (κ2) is 4.55. The van der Waals surface area contributed by atoms with Crippen molar-refractivity contribution < 1.29 is 4.74 Å². The van der Waals surface area contributed by atoms with E-state index in [0.717, 1.165) is 16.6 Å². The highest BCUT2D eigenvalue weighted by atomic mass is 35.5. The molecule has 2 aromatic heterocycles. The van der Waals surface area contributed by atoms with Gasteiger partial charge in [0.2, 0.25) is 11.2 Å². The number of rotatable bonds is 3. The van der Waals surface area contributed by atoms with E-state index in [4.69, 9.17) is 16.3 Å². The van der Waals surface area contributed by atoms with Crippen molar-refractivity contribution in [2.75, 3.05) is 6.61 Å². The van der Waals surface area contributed by atoms with Crippen LogP contribution in [0, 0.1) is 25.2 Å². The molecule has 1 aliphatic rings. The lowest BCUT2D eigenvalue weighted by atomic mass is 10.1. The van der Waals surface area contributed by atoms with Crippen LogP contribution in [0.2, 0.25) is 5.28 Å². The summed E-state index contributed by atoms with van der Waals surface area (Å²) in [5, 5.41) is 1.01. The summed E-state index contributed by atoms with van der Waals surface area (Å²) in [6.07, 6.45) is 1.19. The quantitative estimate of drug-likeness (QED) is 0.809. The highest BCUT2D eigenvalue weighted by Gasteiger charge is 2.46. The summed E-state index contributed by atoms with van der Waals surface area (Å²) in [4.78, 5) is 12.8. The number of nitrogens with zero attached hydrogens (tertiary/aromatic N) is 3. The molecule has 106 valence electrons. The lowest BCUT2D eigenvalue weighted by Gasteiger charge is -2.10. The van der Waals surface area contributed by atoms with Crippen molar-refractivity contribution >= 4 is 22.6 Å². The molecule has 0 bridgehead atoms. The Morgan fingerprint density at radius 1 is 1.30 bits per heavy atom. The Hall–Kier alpha value is -1.42. The first-order valence-corrected chi connectivity index (χ1v) is 7.19. The molecule has 0 aromatic carbocycles. The van der Waals surface area contributed by atoms with Gasteiger partial charge >= 0.3 is 0 Å². The van der Waals surface area contributed by atoms with E-state index in [9.17, 15) is 0 Å². The van der Waals surface area contributed by atoms with Gasteiger partial charge in [-0.05, 0) is 54.8 Å². The largest absolute Gasteiger partial charge is 0.477 e. The number of hydrogen-bond donors (Lipinski definition) is 0. The predicted octanol–water partition coefficient (Wildman–Crippen LogP) is 3.72. The number of halogens is 1. The molecule has 1 aliphatic carbocycles. The third kappa shape index (κ3) is 2.44. The Kier molecular flexibility index (Phi) is 3.09. The Morgan fingerprint density at radius 3 is 2.65 bits per heavy atom. The Morgan fingerprint density at radius 2 is 2.00 bits per heavy atom. The molecule has 0 radical (unpaired) electrons. The first-order chi connectivity index (χ1) is 9.37. The zero-order valence-electron chi connectivity index (χ0n) is 12.2. The maximum absolute atomic E-state index is 5.96. The second-order valence-electron chi connectivity index (χ2n) is 6.26. The summed E-state index contributed by atoms with van der Waals surface area (Å²) in [6, 6.07) is 2.02. The van der Waals surface area contributed by atoms with Crippen LogP contribution in [0.25, 0.3) is 11.0 Å². The van der Waals surface area contributed by atoms with Gasteiger partial charge in [0.25, 0.3) is 0 Å². The van der Waals surface area contributed by atoms with Crippen LogP contribution in [0.15, 0.2) is 6.07 Å². The molecule has 0 aliphatic heterocycles. The van der Waals surface area contributed by atoms with E-state index < -0.39 is 0 Å². The highest BCUT2D eigenvalue weighted by molar-refractivity contribution is 6.28. The number of ether oxygens (including phenoxy) is 1. The van der Waals surface area contributed by atoms with Crippen molar-refractivity contribution in [1.29, 1.82) is 0 Å². The van der Waals surface area contributed by atoms with E-state index in [-0.39, 0.29) is 5.28 Å². The van der Waals surface area contributed by atoms with Crippen LogP contribution in [-0.2, 0) is 0 Å². The van der Waals surface area contributed by atoms with Crippen molar-refractivity contribution in [2.45, 2.75) is 34.1 Å². The Balaban J connectivity index is 1.94. The summed E-state index contributed by atoms with van der Waals surface area (Å²) in [5.74, 6) is 1.13. The first kappa shape index (κ1) is 13.6. The fourth-order valence-electron chi connectivity index (χ4n) is 2.34. The maximum atomic E-state index is 5.96. The molecule has 0 spiro atoms. The van der Waals surface area contributed by atoms with Gasteiger partial charge in [-0.3, -0.25) is 0 Å². The standard InChI is InChI=1S/C15H18ClN3O/c1-8-5-11-12(17-9(8)2)18-14(16)19-13(11)20-7-10-6-15(10,3)4/h5,10H,6-7H2,1-4H3/t10-/m0/s1. The summed E-state index contributed by atoms with van der Waals surface area (Å²) in [7, 11) is 0. The van der Waals surface area contributed by atoms with Crippen LogP contribution in [0.4, 0.5) is 0 Å². The third-order valence-corrected chi connectivity index (χ3v) is 4.38. The molecular formula is C15H18ClN3O. The zero-order chi connectivity index (χ0) is 14.5. The molecule has 0 unspecified atom stereocenters. The first-order valence-electron chi connectivity index (χ1n) is 6.81. The third-order valence-electron chi connectivity index (χ3n) is 4.21. The van der Waals surface area contributed by atoms with Crippen molar-refractivity contribution in [3.05, 3.63) is 22.6 Å². The van der Waals surface area contributed by atoms with Crippen molar-refractivity contribution in [3.63, 3.8) is 0 Å². The normalized spacial score (nSPS) is 20.1. The number of fused-ring (bicyclic) bond motifs is 1. The minimum Gasteiger partial charge on any atom is -0.477 e. The van der Waals surface area contributed by atoms with Crippen LogP contribution in [-0.4, -0.2) is 21.6 Å². The van der Waals surface area contributed by atoms with Crippen LogP contribution >= 0.6 is 11.6 Å². The summed E-state index contributed by atoms with van der Waals surface area (Å²) < 4.78 is 5.88. The van der Waals surface area contributed by atoms with Gasteiger partial charge in [-0.2, -0.15) is 9.97 Å². The van der Waals surface area contributed by atoms with Gasteiger partial charge in [0, 0.05) is 5.69 Å². The van der Waals surface area contributed by atoms with Crippen molar-refractivity contribution in [2.24, 2.45) is 11.3 Å². The molecule has 1 atom stereocenters. The molecule has 4 nitrogen and oxygen atoms in total. The van der Waals surface area contributed by atoms with Gasteiger partial charge < -0.3 is 4.74 Å². The van der Waals surface area contributed by atoms with Crippen LogP contribution in [0.5, 0.6) is 5.88 Å². The van der Waals surface area contributed by atoms with Crippen LogP contribution in [0.1, 0.15) is 31.5 Å². The lowest BCUT2D eigenvalue weighted by molar-refractivity contribution is 0.273. The monoisotopic (exact) mass is 291 g/mol. The SMILES string of the molecule is Cc1cc2c(OC[C@@H]3CC3(C)C)nc(Cl)nc2nc1C. The van der Waals surface area contributed by atoms with E-state index in [2.05, 4.69) is 28.8 Å².